The van der Waals surface area contributed by atoms with Crippen LogP contribution in [-0.4, -0.2) is 67.9 Å². The van der Waals surface area contributed by atoms with Crippen LogP contribution in [0.1, 0.15) is 37.1 Å². The standard InChI is InChI=1S/C34H40N5O8P/c1-22(2)15-30(48(45,46)20-31(40)41)39-33(43)29(17-26-18-35-21-36-26)37-32(42)28(38-34(44)47-19-23-9-4-3-5-10-23)16-25-13-8-12-24-11-6-7-14-27(24)25/h3-14,18,21-22,28-30H,15-17,19-20H2,1-2H3,(H,35,36)(H,37,42)(H,38,44)(H,39,43)(H,40,41)(H,45,46)/t28-,29-,30?/m1/s1. The summed E-state index contributed by atoms with van der Waals surface area (Å²) >= 11 is 0. The number of nitrogens with zero attached hydrogens (tertiary/aromatic N) is 1. The van der Waals surface area contributed by atoms with Crippen LogP contribution in [-0.2, 0) is 43.1 Å². The molecule has 0 aliphatic rings. The van der Waals surface area contributed by atoms with Gasteiger partial charge in [0.1, 0.15) is 30.6 Å². The summed E-state index contributed by atoms with van der Waals surface area (Å²) < 4.78 is 18.5. The quantitative estimate of drug-likeness (QED) is 0.0950. The predicted molar refractivity (Wildman–Crippen MR) is 179 cm³/mol. The van der Waals surface area contributed by atoms with Gasteiger partial charge in [-0.05, 0) is 34.2 Å². The van der Waals surface area contributed by atoms with Crippen molar-refractivity contribution in [3.8, 4) is 0 Å². The number of carbonyl (C=O) groups excluding carboxylic acids is 3. The van der Waals surface area contributed by atoms with E-state index >= 15 is 0 Å². The second kappa shape index (κ2) is 16.7. The smallest absolute Gasteiger partial charge is 0.408 e. The number of aromatic amines is 1. The van der Waals surface area contributed by atoms with Gasteiger partial charge in [0.25, 0.3) is 0 Å². The van der Waals surface area contributed by atoms with Crippen molar-refractivity contribution in [1.82, 2.24) is 25.9 Å². The molecule has 0 fully saturated rings. The van der Waals surface area contributed by atoms with Crippen molar-refractivity contribution in [3.63, 3.8) is 0 Å². The lowest BCUT2D eigenvalue weighted by Gasteiger charge is -2.28. The Morgan fingerprint density at radius 2 is 1.54 bits per heavy atom. The largest absolute Gasteiger partial charge is 0.481 e. The second-order valence-electron chi connectivity index (χ2n) is 11.9. The van der Waals surface area contributed by atoms with E-state index in [0.29, 0.717) is 5.69 Å². The number of amides is 3. The van der Waals surface area contributed by atoms with Crippen LogP contribution >= 0.6 is 7.37 Å². The average molecular weight is 678 g/mol. The zero-order chi connectivity index (χ0) is 34.7. The van der Waals surface area contributed by atoms with E-state index in [9.17, 15) is 33.7 Å². The molecule has 3 amide bonds. The van der Waals surface area contributed by atoms with E-state index in [0.717, 1.165) is 21.9 Å². The number of carboxylic acid groups (broad SMARTS) is 1. The minimum Gasteiger partial charge on any atom is -0.481 e. The van der Waals surface area contributed by atoms with Crippen LogP contribution in [0.3, 0.4) is 0 Å². The minimum atomic E-state index is -4.39. The molecule has 0 aliphatic carbocycles. The van der Waals surface area contributed by atoms with Crippen molar-refractivity contribution >= 4 is 42.0 Å². The highest BCUT2D eigenvalue weighted by molar-refractivity contribution is 7.59. The second-order valence-corrected chi connectivity index (χ2v) is 14.4. The molecule has 4 aromatic rings. The maximum atomic E-state index is 14.0. The number of aromatic nitrogens is 2. The van der Waals surface area contributed by atoms with Crippen LogP contribution in [0, 0.1) is 5.92 Å². The van der Waals surface area contributed by atoms with E-state index in [2.05, 4.69) is 25.9 Å². The average Bonchev–Trinajstić information content (AvgIpc) is 3.56. The van der Waals surface area contributed by atoms with E-state index in [4.69, 9.17) is 4.74 Å². The van der Waals surface area contributed by atoms with Gasteiger partial charge in [0.15, 0.2) is 0 Å². The lowest BCUT2D eigenvalue weighted by Crippen LogP contribution is -2.56. The molecule has 0 saturated heterocycles. The maximum Gasteiger partial charge on any atom is 0.408 e. The zero-order valence-corrected chi connectivity index (χ0v) is 27.6. The van der Waals surface area contributed by atoms with Crippen LogP contribution in [0.5, 0.6) is 0 Å². The summed E-state index contributed by atoms with van der Waals surface area (Å²) in [7, 11) is -4.39. The number of imidazole rings is 1. The van der Waals surface area contributed by atoms with E-state index < -0.39 is 55.3 Å². The Morgan fingerprint density at radius 1 is 0.875 bits per heavy atom. The predicted octanol–water partition coefficient (Wildman–Crippen LogP) is 3.97. The number of rotatable bonds is 16. The van der Waals surface area contributed by atoms with Gasteiger partial charge in [-0.15, -0.1) is 0 Å². The summed E-state index contributed by atoms with van der Waals surface area (Å²) in [4.78, 5) is 69.5. The topological polar surface area (TPSA) is 200 Å². The minimum absolute atomic E-state index is 0.0238. The number of hydrogen-bond donors (Lipinski definition) is 6. The summed E-state index contributed by atoms with van der Waals surface area (Å²) in [5.74, 6) is -4.54. The molecular formula is C34H40N5O8P. The Kier molecular flexibility index (Phi) is 12.5. The van der Waals surface area contributed by atoms with Crippen molar-refractivity contribution < 1.29 is 38.5 Å². The fraction of sp³-hybridized carbons (Fsp3) is 0.324. The molecule has 3 aromatic carbocycles. The molecule has 6 N–H and O–H groups in total. The monoisotopic (exact) mass is 677 g/mol. The van der Waals surface area contributed by atoms with Crippen LogP contribution in [0.4, 0.5) is 4.79 Å². The number of H-pyrrole nitrogens is 1. The number of alkyl carbamates (subject to hydrolysis) is 1. The molecule has 0 saturated carbocycles. The first-order chi connectivity index (χ1) is 22.9. The van der Waals surface area contributed by atoms with Gasteiger partial charge in [0.05, 0.1) is 6.33 Å². The summed E-state index contributed by atoms with van der Waals surface area (Å²) in [6, 6.07) is 19.7. The molecule has 14 heteroatoms. The molecule has 48 heavy (non-hydrogen) atoms. The highest BCUT2D eigenvalue weighted by Crippen LogP contribution is 2.47. The third-order valence-electron chi connectivity index (χ3n) is 7.59. The van der Waals surface area contributed by atoms with Crippen LogP contribution in [0.15, 0.2) is 85.3 Å². The number of ether oxygens (including phenoxy) is 1. The third kappa shape index (κ3) is 10.5. The van der Waals surface area contributed by atoms with Gasteiger partial charge in [-0.1, -0.05) is 86.6 Å². The van der Waals surface area contributed by atoms with Gasteiger partial charge in [-0.25, -0.2) is 9.78 Å². The molecule has 0 aliphatic heterocycles. The lowest BCUT2D eigenvalue weighted by molar-refractivity contribution is -0.134. The van der Waals surface area contributed by atoms with E-state index in [1.807, 2.05) is 48.5 Å². The van der Waals surface area contributed by atoms with Gasteiger partial charge >= 0.3 is 12.1 Å². The van der Waals surface area contributed by atoms with Crippen LogP contribution in [0.2, 0.25) is 0 Å². The summed E-state index contributed by atoms with van der Waals surface area (Å²) in [5.41, 5.74) is 1.99. The number of aliphatic carboxylic acids is 1. The lowest BCUT2D eigenvalue weighted by atomic mass is 9.98. The number of carboxylic acids is 1. The first-order valence-electron chi connectivity index (χ1n) is 15.5. The normalized spacial score (nSPS) is 14.3. The Hall–Kier alpha value is -5.00. The summed E-state index contributed by atoms with van der Waals surface area (Å²) in [6.45, 7) is 3.50. The molecule has 1 aromatic heterocycles. The van der Waals surface area contributed by atoms with Crippen molar-refractivity contribution in [2.75, 3.05) is 6.16 Å². The molecule has 0 radical (unpaired) electrons. The Bertz CT molecular complexity index is 1740. The Labute approximate surface area is 278 Å². The highest BCUT2D eigenvalue weighted by Gasteiger charge is 2.37. The first kappa shape index (κ1) is 35.8. The van der Waals surface area contributed by atoms with E-state index in [1.54, 1.807) is 38.1 Å². The SMILES string of the molecule is CC(C)CC(NC(=O)[C@@H](Cc1cnc[nH]1)NC(=O)[C@@H](Cc1cccc2ccccc12)NC(=O)OCc1ccccc1)P(=O)(O)CC(=O)O. The maximum absolute atomic E-state index is 14.0. The number of fused-ring (bicyclic) bond motifs is 1. The number of nitrogens with one attached hydrogen (secondary N) is 4. The summed E-state index contributed by atoms with van der Waals surface area (Å²) in [5, 5.41) is 18.9. The van der Waals surface area contributed by atoms with Gasteiger partial charge in [-0.2, -0.15) is 0 Å². The van der Waals surface area contributed by atoms with Gasteiger partial charge in [-0.3, -0.25) is 18.9 Å². The molecule has 1 heterocycles. The van der Waals surface area contributed by atoms with Crippen molar-refractivity contribution in [1.29, 1.82) is 0 Å². The van der Waals surface area contributed by atoms with Gasteiger partial charge in [0.2, 0.25) is 19.2 Å². The highest BCUT2D eigenvalue weighted by atomic mass is 31.2. The van der Waals surface area contributed by atoms with Crippen molar-refractivity contribution in [2.45, 2.75) is 57.6 Å². The number of hydrogen-bond acceptors (Lipinski definition) is 7. The Morgan fingerprint density at radius 3 is 2.23 bits per heavy atom. The molecule has 0 spiro atoms. The zero-order valence-electron chi connectivity index (χ0n) is 26.7. The van der Waals surface area contributed by atoms with Crippen molar-refractivity contribution in [2.24, 2.45) is 5.92 Å². The summed E-state index contributed by atoms with van der Waals surface area (Å²) in [6.07, 6.45) is 0.968. The first-order valence-corrected chi connectivity index (χ1v) is 17.4. The molecule has 0 bridgehead atoms. The fourth-order valence-corrected chi connectivity index (χ4v) is 6.93. The molecule has 13 nitrogen and oxygen atoms in total. The van der Waals surface area contributed by atoms with Crippen molar-refractivity contribution in [3.05, 3.63) is 102 Å². The van der Waals surface area contributed by atoms with Crippen LogP contribution in [0.25, 0.3) is 10.8 Å². The van der Waals surface area contributed by atoms with E-state index in [1.165, 1.54) is 12.5 Å². The van der Waals surface area contributed by atoms with Crippen LogP contribution < -0.4 is 16.0 Å². The van der Waals surface area contributed by atoms with Gasteiger partial charge < -0.3 is 35.7 Å². The van der Waals surface area contributed by atoms with Gasteiger partial charge in [0, 0.05) is 24.7 Å². The number of carbonyl (C=O) groups is 4. The molecule has 4 rings (SSSR count). The third-order valence-corrected chi connectivity index (χ3v) is 9.63. The Balaban J connectivity index is 1.60. The molecule has 4 atom stereocenters. The fourth-order valence-electron chi connectivity index (χ4n) is 5.24. The molecule has 254 valence electrons. The molecule has 2 unspecified atom stereocenters. The number of benzene rings is 3. The van der Waals surface area contributed by atoms with E-state index in [-0.39, 0.29) is 31.8 Å². The molecular weight excluding hydrogens is 637 g/mol.